The van der Waals surface area contributed by atoms with Crippen molar-refractivity contribution in [2.45, 2.75) is 13.0 Å². The molecule has 1 unspecified atom stereocenters. The zero-order valence-electron chi connectivity index (χ0n) is 9.87. The van der Waals surface area contributed by atoms with Gasteiger partial charge in [0.05, 0.1) is 13.2 Å². The summed E-state index contributed by atoms with van der Waals surface area (Å²) in [4.78, 5) is 11.9. The Bertz CT molecular complexity index is 471. The van der Waals surface area contributed by atoms with E-state index in [4.69, 9.17) is 22.8 Å². The number of terminal acetylenes is 1. The van der Waals surface area contributed by atoms with Crippen molar-refractivity contribution in [1.29, 1.82) is 0 Å². The highest BCUT2D eigenvalue weighted by Gasteiger charge is 2.23. The quantitative estimate of drug-likeness (QED) is 0.666. The Labute approximate surface area is 120 Å². The van der Waals surface area contributed by atoms with Crippen LogP contribution in [-0.2, 0) is 9.53 Å². The SMILES string of the molecule is C#CCNC(C(=O)OCC)c1ccc(Cl)cc1Br. The summed E-state index contributed by atoms with van der Waals surface area (Å²) in [7, 11) is 0. The maximum atomic E-state index is 11.9. The summed E-state index contributed by atoms with van der Waals surface area (Å²) >= 11 is 9.24. The first-order chi connectivity index (χ1) is 8.60. The lowest BCUT2D eigenvalue weighted by molar-refractivity contribution is -0.145. The van der Waals surface area contributed by atoms with Gasteiger partial charge in [-0.3, -0.25) is 5.32 Å². The van der Waals surface area contributed by atoms with Crippen molar-refractivity contribution in [1.82, 2.24) is 5.32 Å². The minimum atomic E-state index is -0.604. The molecule has 0 amide bonds. The first-order valence-electron chi connectivity index (χ1n) is 5.38. The van der Waals surface area contributed by atoms with Crippen LogP contribution in [-0.4, -0.2) is 19.1 Å². The van der Waals surface area contributed by atoms with Crippen LogP contribution in [0.4, 0.5) is 0 Å². The Morgan fingerprint density at radius 3 is 2.94 bits per heavy atom. The molecule has 96 valence electrons. The average molecular weight is 331 g/mol. The highest BCUT2D eigenvalue weighted by Crippen LogP contribution is 2.27. The summed E-state index contributed by atoms with van der Waals surface area (Å²) in [6.45, 7) is 2.35. The number of benzene rings is 1. The number of hydrogen-bond acceptors (Lipinski definition) is 3. The van der Waals surface area contributed by atoms with Gasteiger partial charge in [-0.15, -0.1) is 6.42 Å². The molecule has 1 aromatic rings. The number of hydrogen-bond donors (Lipinski definition) is 1. The third-order valence-electron chi connectivity index (χ3n) is 2.20. The van der Waals surface area contributed by atoms with Gasteiger partial charge in [0, 0.05) is 9.50 Å². The second-order valence-corrected chi connectivity index (χ2v) is 4.73. The van der Waals surface area contributed by atoms with Crippen LogP contribution in [0.1, 0.15) is 18.5 Å². The van der Waals surface area contributed by atoms with E-state index >= 15 is 0 Å². The molecule has 18 heavy (non-hydrogen) atoms. The van der Waals surface area contributed by atoms with E-state index in [0.29, 0.717) is 11.6 Å². The number of ether oxygens (including phenoxy) is 1. The van der Waals surface area contributed by atoms with Gasteiger partial charge in [-0.2, -0.15) is 0 Å². The predicted molar refractivity (Wildman–Crippen MR) is 75.4 cm³/mol. The van der Waals surface area contributed by atoms with Crippen molar-refractivity contribution in [2.24, 2.45) is 0 Å². The van der Waals surface area contributed by atoms with Crippen LogP contribution >= 0.6 is 27.5 Å². The van der Waals surface area contributed by atoms with Gasteiger partial charge in [-0.05, 0) is 24.6 Å². The zero-order chi connectivity index (χ0) is 13.5. The van der Waals surface area contributed by atoms with Gasteiger partial charge in [-0.1, -0.05) is 39.5 Å². The van der Waals surface area contributed by atoms with Crippen LogP contribution in [0.2, 0.25) is 5.02 Å². The molecule has 0 heterocycles. The maximum absolute atomic E-state index is 11.9. The van der Waals surface area contributed by atoms with Crippen molar-refractivity contribution in [3.8, 4) is 12.3 Å². The van der Waals surface area contributed by atoms with E-state index in [-0.39, 0.29) is 12.5 Å². The van der Waals surface area contributed by atoms with Crippen molar-refractivity contribution < 1.29 is 9.53 Å². The molecule has 0 bridgehead atoms. The number of carbonyl (C=O) groups excluding carboxylic acids is 1. The number of halogens is 2. The van der Waals surface area contributed by atoms with Crippen molar-refractivity contribution in [3.63, 3.8) is 0 Å². The standard InChI is InChI=1S/C13H13BrClNO2/c1-3-7-16-12(13(17)18-4-2)10-6-5-9(15)8-11(10)14/h1,5-6,8,12,16H,4,7H2,2H3. The van der Waals surface area contributed by atoms with Crippen LogP contribution in [0.3, 0.4) is 0 Å². The van der Waals surface area contributed by atoms with Crippen LogP contribution in [0, 0.1) is 12.3 Å². The second-order valence-electron chi connectivity index (χ2n) is 3.44. The fraction of sp³-hybridized carbons (Fsp3) is 0.308. The fourth-order valence-electron chi connectivity index (χ4n) is 1.44. The van der Waals surface area contributed by atoms with Crippen molar-refractivity contribution >= 4 is 33.5 Å². The normalized spacial score (nSPS) is 11.7. The molecule has 0 aliphatic heterocycles. The van der Waals surface area contributed by atoms with Crippen molar-refractivity contribution in [2.75, 3.05) is 13.2 Å². The molecule has 0 spiro atoms. The van der Waals surface area contributed by atoms with Crippen LogP contribution in [0.15, 0.2) is 22.7 Å². The maximum Gasteiger partial charge on any atom is 0.327 e. The van der Waals surface area contributed by atoms with Gasteiger partial charge in [-0.25, -0.2) is 4.79 Å². The van der Waals surface area contributed by atoms with E-state index < -0.39 is 6.04 Å². The molecule has 0 fully saturated rings. The van der Waals surface area contributed by atoms with E-state index in [1.165, 1.54) is 0 Å². The van der Waals surface area contributed by atoms with Crippen LogP contribution in [0.5, 0.6) is 0 Å². The third-order valence-corrected chi connectivity index (χ3v) is 3.13. The molecule has 3 nitrogen and oxygen atoms in total. The van der Waals surface area contributed by atoms with E-state index in [1.807, 2.05) is 0 Å². The molecule has 1 rings (SSSR count). The molecule has 0 aliphatic rings. The Morgan fingerprint density at radius 2 is 2.39 bits per heavy atom. The zero-order valence-corrected chi connectivity index (χ0v) is 12.2. The monoisotopic (exact) mass is 329 g/mol. The lowest BCUT2D eigenvalue weighted by Gasteiger charge is -2.17. The molecule has 0 saturated carbocycles. The molecule has 0 aromatic heterocycles. The Kier molecular flexibility index (Phi) is 6.20. The van der Waals surface area contributed by atoms with Crippen LogP contribution < -0.4 is 5.32 Å². The molecule has 0 saturated heterocycles. The molecule has 1 atom stereocenters. The smallest absolute Gasteiger partial charge is 0.327 e. The van der Waals surface area contributed by atoms with Crippen molar-refractivity contribution in [3.05, 3.63) is 33.3 Å². The number of esters is 1. The fourth-order valence-corrected chi connectivity index (χ4v) is 2.35. The first kappa shape index (κ1) is 15.0. The van der Waals surface area contributed by atoms with Gasteiger partial charge in [0.15, 0.2) is 0 Å². The van der Waals surface area contributed by atoms with Crippen LogP contribution in [0.25, 0.3) is 0 Å². The highest BCUT2D eigenvalue weighted by molar-refractivity contribution is 9.10. The third kappa shape index (κ3) is 4.02. The number of nitrogens with one attached hydrogen (secondary N) is 1. The predicted octanol–water partition coefficient (Wildman–Crippen LogP) is 2.93. The Hall–Kier alpha value is -1.02. The molecule has 0 aliphatic carbocycles. The lowest BCUT2D eigenvalue weighted by atomic mass is 10.1. The molecule has 5 heteroatoms. The molecular formula is C13H13BrClNO2. The van der Waals surface area contributed by atoms with E-state index in [2.05, 4.69) is 27.2 Å². The first-order valence-corrected chi connectivity index (χ1v) is 6.55. The summed E-state index contributed by atoms with van der Waals surface area (Å²) in [5, 5.41) is 3.53. The molecule has 0 radical (unpaired) electrons. The Morgan fingerprint density at radius 1 is 1.67 bits per heavy atom. The van der Waals surface area contributed by atoms with E-state index in [0.717, 1.165) is 10.0 Å². The second kappa shape index (κ2) is 7.42. The molecule has 1 aromatic carbocycles. The minimum absolute atomic E-state index is 0.276. The van der Waals surface area contributed by atoms with E-state index in [1.54, 1.807) is 25.1 Å². The number of rotatable bonds is 5. The Balaban J connectivity index is 3.01. The summed E-state index contributed by atoms with van der Waals surface area (Å²) in [5.41, 5.74) is 0.744. The average Bonchev–Trinajstić information content (AvgIpc) is 2.32. The summed E-state index contributed by atoms with van der Waals surface area (Å²) in [5.74, 6) is 2.07. The summed E-state index contributed by atoms with van der Waals surface area (Å²) in [6, 6.07) is 4.59. The summed E-state index contributed by atoms with van der Waals surface area (Å²) in [6.07, 6.45) is 5.19. The van der Waals surface area contributed by atoms with E-state index in [9.17, 15) is 4.79 Å². The lowest BCUT2D eigenvalue weighted by Crippen LogP contribution is -2.30. The highest BCUT2D eigenvalue weighted by atomic mass is 79.9. The van der Waals surface area contributed by atoms with Gasteiger partial charge >= 0.3 is 5.97 Å². The van der Waals surface area contributed by atoms with Gasteiger partial charge < -0.3 is 4.74 Å². The minimum Gasteiger partial charge on any atom is -0.465 e. The topological polar surface area (TPSA) is 38.3 Å². The van der Waals surface area contributed by atoms with Gasteiger partial charge in [0.2, 0.25) is 0 Å². The summed E-state index contributed by atoms with van der Waals surface area (Å²) < 4.78 is 5.75. The molecule has 1 N–H and O–H groups in total. The van der Waals surface area contributed by atoms with Gasteiger partial charge in [0.1, 0.15) is 6.04 Å². The largest absolute Gasteiger partial charge is 0.465 e. The number of carbonyl (C=O) groups is 1. The molecular weight excluding hydrogens is 318 g/mol. The van der Waals surface area contributed by atoms with Gasteiger partial charge in [0.25, 0.3) is 0 Å².